The van der Waals surface area contributed by atoms with Crippen LogP contribution in [0.1, 0.15) is 5.56 Å². The summed E-state index contributed by atoms with van der Waals surface area (Å²) < 4.78 is 1.63. The Hall–Kier alpha value is -3.11. The average molecular weight is 340 g/mol. The number of nitrogens with one attached hydrogen (secondary N) is 2. The van der Waals surface area contributed by atoms with Crippen LogP contribution in [-0.2, 0) is 0 Å². The van der Waals surface area contributed by atoms with Crippen molar-refractivity contribution in [1.29, 1.82) is 5.26 Å². The maximum Gasteiger partial charge on any atom is 0.247 e. The highest BCUT2D eigenvalue weighted by Crippen LogP contribution is 2.19. The van der Waals surface area contributed by atoms with Gasteiger partial charge in [0.2, 0.25) is 5.95 Å². The standard InChI is InChI=1S/C16H14ClN7/c17-13-6-7-15(12(10-13)11-18)19-8-9-20-16-21-22-23-24(16)14-4-2-1-3-5-14/h1-7,10,19H,8-9H2,(H,20,21,23). The van der Waals surface area contributed by atoms with E-state index in [-0.39, 0.29) is 0 Å². The minimum atomic E-state index is 0.511. The lowest BCUT2D eigenvalue weighted by Crippen LogP contribution is -2.16. The number of nitriles is 1. The zero-order valence-electron chi connectivity index (χ0n) is 12.6. The molecule has 0 amide bonds. The van der Waals surface area contributed by atoms with E-state index < -0.39 is 0 Å². The molecule has 2 N–H and O–H groups in total. The van der Waals surface area contributed by atoms with Crippen molar-refractivity contribution in [2.75, 3.05) is 23.7 Å². The monoisotopic (exact) mass is 339 g/mol. The van der Waals surface area contributed by atoms with E-state index >= 15 is 0 Å². The SMILES string of the molecule is N#Cc1cc(Cl)ccc1NCCNc1nnnn1-c1ccccc1. The van der Waals surface area contributed by atoms with Gasteiger partial charge in [-0.1, -0.05) is 34.9 Å². The normalized spacial score (nSPS) is 10.2. The molecule has 2 aromatic carbocycles. The molecule has 3 rings (SSSR count). The van der Waals surface area contributed by atoms with Crippen molar-refractivity contribution in [2.45, 2.75) is 0 Å². The second-order valence-corrected chi connectivity index (χ2v) is 5.34. The van der Waals surface area contributed by atoms with Crippen molar-refractivity contribution >= 4 is 23.2 Å². The van der Waals surface area contributed by atoms with E-state index in [1.807, 2.05) is 30.3 Å². The fourth-order valence-corrected chi connectivity index (χ4v) is 2.35. The van der Waals surface area contributed by atoms with E-state index in [4.69, 9.17) is 16.9 Å². The number of hydrogen-bond donors (Lipinski definition) is 2. The molecule has 7 nitrogen and oxygen atoms in total. The number of halogens is 1. The van der Waals surface area contributed by atoms with Gasteiger partial charge in [0.1, 0.15) is 6.07 Å². The van der Waals surface area contributed by atoms with Gasteiger partial charge < -0.3 is 10.6 Å². The first kappa shape index (κ1) is 15.8. The van der Waals surface area contributed by atoms with Crippen LogP contribution >= 0.6 is 11.6 Å². The summed E-state index contributed by atoms with van der Waals surface area (Å²) in [6.45, 7) is 1.18. The zero-order valence-corrected chi connectivity index (χ0v) is 13.4. The van der Waals surface area contributed by atoms with Gasteiger partial charge in [0.05, 0.1) is 16.9 Å². The number of aromatic nitrogens is 4. The van der Waals surface area contributed by atoms with E-state index in [0.29, 0.717) is 29.6 Å². The molecule has 8 heteroatoms. The fourth-order valence-electron chi connectivity index (χ4n) is 2.18. The average Bonchev–Trinajstić information content (AvgIpc) is 3.09. The van der Waals surface area contributed by atoms with Gasteiger partial charge in [-0.3, -0.25) is 0 Å². The molecule has 0 aliphatic heterocycles. The first-order chi connectivity index (χ1) is 11.8. The Bertz CT molecular complexity index is 854. The third-order valence-electron chi connectivity index (χ3n) is 3.30. The predicted octanol–water partition coefficient (Wildman–Crippen LogP) is 2.71. The second-order valence-electron chi connectivity index (χ2n) is 4.91. The molecule has 1 heterocycles. The Kier molecular flexibility index (Phi) is 4.89. The summed E-state index contributed by atoms with van der Waals surface area (Å²) in [5.74, 6) is 0.555. The molecule has 0 saturated heterocycles. The molecule has 0 aliphatic rings. The van der Waals surface area contributed by atoms with Gasteiger partial charge in [0.25, 0.3) is 0 Å². The topological polar surface area (TPSA) is 91.4 Å². The third-order valence-corrected chi connectivity index (χ3v) is 3.53. The number of rotatable bonds is 6. The predicted molar refractivity (Wildman–Crippen MR) is 92.3 cm³/mol. The summed E-state index contributed by atoms with van der Waals surface area (Å²) in [5.41, 5.74) is 2.13. The van der Waals surface area contributed by atoms with Gasteiger partial charge in [-0.2, -0.15) is 9.94 Å². The minimum absolute atomic E-state index is 0.511. The maximum absolute atomic E-state index is 9.12. The number of para-hydroxylation sites is 1. The molecule has 0 atom stereocenters. The number of nitrogens with zero attached hydrogens (tertiary/aromatic N) is 5. The van der Waals surface area contributed by atoms with Crippen LogP contribution < -0.4 is 10.6 Å². The van der Waals surface area contributed by atoms with Gasteiger partial charge in [-0.05, 0) is 40.8 Å². The summed E-state index contributed by atoms with van der Waals surface area (Å²) in [5, 5.41) is 27.7. The molecule has 1 aromatic heterocycles. The Morgan fingerprint density at radius 2 is 1.88 bits per heavy atom. The van der Waals surface area contributed by atoms with Gasteiger partial charge in [-0.25, -0.2) is 0 Å². The van der Waals surface area contributed by atoms with Crippen LogP contribution in [0, 0.1) is 11.3 Å². The van der Waals surface area contributed by atoms with Gasteiger partial charge in [0, 0.05) is 18.1 Å². The molecule has 0 aliphatic carbocycles. The summed E-state index contributed by atoms with van der Waals surface area (Å²) in [6.07, 6.45) is 0. The first-order valence-corrected chi connectivity index (χ1v) is 7.67. The van der Waals surface area contributed by atoms with E-state index in [0.717, 1.165) is 11.4 Å². The van der Waals surface area contributed by atoms with Crippen molar-refractivity contribution in [1.82, 2.24) is 20.2 Å². The number of anilines is 2. The highest BCUT2D eigenvalue weighted by molar-refractivity contribution is 6.30. The third kappa shape index (κ3) is 3.62. The molecule has 0 radical (unpaired) electrons. The quantitative estimate of drug-likeness (QED) is 0.671. The molecule has 0 unspecified atom stereocenters. The molecule has 0 saturated carbocycles. The Morgan fingerprint density at radius 1 is 1.08 bits per heavy atom. The van der Waals surface area contributed by atoms with Crippen LogP contribution in [0.25, 0.3) is 5.69 Å². The van der Waals surface area contributed by atoms with Gasteiger partial charge >= 0.3 is 0 Å². The van der Waals surface area contributed by atoms with E-state index in [1.54, 1.807) is 22.9 Å². The molecular formula is C16H14ClN7. The molecule has 24 heavy (non-hydrogen) atoms. The highest BCUT2D eigenvalue weighted by Gasteiger charge is 2.07. The van der Waals surface area contributed by atoms with E-state index in [9.17, 15) is 0 Å². The lowest BCUT2D eigenvalue weighted by molar-refractivity contribution is 0.789. The van der Waals surface area contributed by atoms with Gasteiger partial charge in [0.15, 0.2) is 0 Å². The summed E-state index contributed by atoms with van der Waals surface area (Å²) in [7, 11) is 0. The highest BCUT2D eigenvalue weighted by atomic mass is 35.5. The first-order valence-electron chi connectivity index (χ1n) is 7.29. The lowest BCUT2D eigenvalue weighted by atomic mass is 10.2. The smallest absolute Gasteiger partial charge is 0.247 e. The summed E-state index contributed by atoms with van der Waals surface area (Å²) in [4.78, 5) is 0. The van der Waals surface area contributed by atoms with Crippen molar-refractivity contribution in [3.05, 3.63) is 59.1 Å². The van der Waals surface area contributed by atoms with Crippen LogP contribution in [-0.4, -0.2) is 33.3 Å². The van der Waals surface area contributed by atoms with E-state index in [1.165, 1.54) is 0 Å². The van der Waals surface area contributed by atoms with Crippen LogP contribution in [0.15, 0.2) is 48.5 Å². The van der Waals surface area contributed by atoms with Crippen molar-refractivity contribution in [3.8, 4) is 11.8 Å². The van der Waals surface area contributed by atoms with Crippen LogP contribution in [0.3, 0.4) is 0 Å². The molecule has 0 spiro atoms. The van der Waals surface area contributed by atoms with Crippen LogP contribution in [0.5, 0.6) is 0 Å². The number of hydrogen-bond acceptors (Lipinski definition) is 6. The molecule has 0 bridgehead atoms. The Balaban J connectivity index is 1.59. The summed E-state index contributed by atoms with van der Waals surface area (Å²) in [6, 6.07) is 16.9. The molecule has 0 fully saturated rings. The van der Waals surface area contributed by atoms with Crippen molar-refractivity contribution in [3.63, 3.8) is 0 Å². The fraction of sp³-hybridized carbons (Fsp3) is 0.125. The molecule has 120 valence electrons. The maximum atomic E-state index is 9.12. The Morgan fingerprint density at radius 3 is 2.67 bits per heavy atom. The number of benzene rings is 2. The van der Waals surface area contributed by atoms with Crippen LogP contribution in [0.4, 0.5) is 11.6 Å². The van der Waals surface area contributed by atoms with E-state index in [2.05, 4.69) is 32.2 Å². The largest absolute Gasteiger partial charge is 0.382 e. The molecule has 3 aromatic rings. The zero-order chi connectivity index (χ0) is 16.8. The molecular weight excluding hydrogens is 326 g/mol. The Labute approximate surface area is 143 Å². The summed E-state index contributed by atoms with van der Waals surface area (Å²) >= 11 is 5.88. The minimum Gasteiger partial charge on any atom is -0.382 e. The van der Waals surface area contributed by atoms with Crippen molar-refractivity contribution in [2.24, 2.45) is 0 Å². The van der Waals surface area contributed by atoms with Crippen LogP contribution in [0.2, 0.25) is 5.02 Å². The lowest BCUT2D eigenvalue weighted by Gasteiger charge is -2.10. The van der Waals surface area contributed by atoms with Crippen molar-refractivity contribution < 1.29 is 0 Å². The van der Waals surface area contributed by atoms with Gasteiger partial charge in [-0.15, -0.1) is 0 Å². The second kappa shape index (κ2) is 7.44. The number of tetrazole rings is 1.